The van der Waals surface area contributed by atoms with Crippen molar-refractivity contribution in [1.82, 2.24) is 4.90 Å². The average molecular weight is 249 g/mol. The molecule has 0 radical (unpaired) electrons. The molecule has 0 aliphatic carbocycles. The molecular weight excluding hydrogens is 226 g/mol. The first-order valence-corrected chi connectivity index (χ1v) is 6.42. The molecule has 1 rings (SSSR count). The Labute approximate surface area is 110 Å². The molecule has 0 N–H and O–H groups in total. The van der Waals surface area contributed by atoms with Crippen molar-refractivity contribution in [1.29, 1.82) is 0 Å². The van der Waals surface area contributed by atoms with Crippen LogP contribution in [0.15, 0.2) is 24.3 Å². The number of ketones is 1. The number of nitrogens with zero attached hydrogens (tertiary/aromatic N) is 1. The Kier molecular flexibility index (Phi) is 5.86. The molecule has 0 aromatic heterocycles. The van der Waals surface area contributed by atoms with E-state index in [2.05, 4.69) is 17.9 Å². The van der Waals surface area contributed by atoms with Crippen LogP contribution in [0.2, 0.25) is 0 Å². The molecule has 0 heterocycles. The fourth-order valence-corrected chi connectivity index (χ4v) is 1.89. The number of benzene rings is 1. The van der Waals surface area contributed by atoms with Gasteiger partial charge in [-0.1, -0.05) is 25.1 Å². The number of ether oxygens (including phenoxy) is 1. The summed E-state index contributed by atoms with van der Waals surface area (Å²) in [4.78, 5) is 13.5. The summed E-state index contributed by atoms with van der Waals surface area (Å²) in [6, 6.07) is 8.35. The lowest BCUT2D eigenvalue weighted by Gasteiger charge is -2.24. The van der Waals surface area contributed by atoms with Gasteiger partial charge in [0.05, 0.1) is 13.7 Å². The highest BCUT2D eigenvalue weighted by Gasteiger charge is 2.14. The number of hydrogen-bond acceptors (Lipinski definition) is 3. The van der Waals surface area contributed by atoms with E-state index in [9.17, 15) is 4.79 Å². The summed E-state index contributed by atoms with van der Waals surface area (Å²) in [5.74, 6) is 1.20. The van der Waals surface area contributed by atoms with Crippen LogP contribution in [-0.4, -0.2) is 37.4 Å². The van der Waals surface area contributed by atoms with E-state index in [1.165, 1.54) is 5.56 Å². The first-order valence-electron chi connectivity index (χ1n) is 6.42. The van der Waals surface area contributed by atoms with Gasteiger partial charge in [0.1, 0.15) is 11.5 Å². The molecule has 1 aromatic carbocycles. The Hall–Kier alpha value is -1.35. The molecule has 0 aliphatic rings. The second kappa shape index (κ2) is 7.17. The highest BCUT2D eigenvalue weighted by molar-refractivity contribution is 5.80. The third-order valence-corrected chi connectivity index (χ3v) is 3.28. The second-order valence-corrected chi connectivity index (χ2v) is 4.67. The standard InChI is InChI=1S/C15H23NO2/c1-5-14(17)11-16(3)12(2)10-13-8-6-7-9-15(13)18-4/h6-9,12H,5,10-11H2,1-4H3. The normalized spacial score (nSPS) is 12.5. The van der Waals surface area contributed by atoms with Crippen LogP contribution in [0.4, 0.5) is 0 Å². The fourth-order valence-electron chi connectivity index (χ4n) is 1.89. The molecule has 100 valence electrons. The van der Waals surface area contributed by atoms with Gasteiger partial charge in [0.25, 0.3) is 0 Å². The van der Waals surface area contributed by atoms with E-state index in [4.69, 9.17) is 4.74 Å². The number of carbonyl (C=O) groups excluding carboxylic acids is 1. The highest BCUT2D eigenvalue weighted by Crippen LogP contribution is 2.20. The van der Waals surface area contributed by atoms with Crippen molar-refractivity contribution in [2.24, 2.45) is 0 Å². The van der Waals surface area contributed by atoms with Gasteiger partial charge in [-0.3, -0.25) is 9.69 Å². The first kappa shape index (κ1) is 14.7. The molecule has 1 aromatic rings. The molecule has 0 saturated carbocycles. The fraction of sp³-hybridized carbons (Fsp3) is 0.533. The summed E-state index contributed by atoms with van der Waals surface area (Å²) >= 11 is 0. The molecule has 0 aliphatic heterocycles. The number of hydrogen-bond donors (Lipinski definition) is 0. The minimum atomic E-state index is 0.282. The van der Waals surface area contributed by atoms with Crippen molar-refractivity contribution in [3.05, 3.63) is 29.8 Å². The van der Waals surface area contributed by atoms with E-state index in [1.54, 1.807) is 7.11 Å². The molecule has 0 amide bonds. The maximum absolute atomic E-state index is 11.4. The lowest BCUT2D eigenvalue weighted by atomic mass is 10.0. The topological polar surface area (TPSA) is 29.5 Å². The zero-order chi connectivity index (χ0) is 13.5. The Morgan fingerprint density at radius 1 is 1.39 bits per heavy atom. The zero-order valence-corrected chi connectivity index (χ0v) is 11.8. The van der Waals surface area contributed by atoms with Crippen LogP contribution < -0.4 is 4.74 Å². The summed E-state index contributed by atoms with van der Waals surface area (Å²) in [6.07, 6.45) is 1.49. The lowest BCUT2D eigenvalue weighted by molar-refractivity contribution is -0.120. The van der Waals surface area contributed by atoms with Gasteiger partial charge in [0.2, 0.25) is 0 Å². The minimum Gasteiger partial charge on any atom is -0.496 e. The van der Waals surface area contributed by atoms with Gasteiger partial charge in [-0.05, 0) is 32.0 Å². The van der Waals surface area contributed by atoms with Crippen LogP contribution in [0.3, 0.4) is 0 Å². The Bertz CT molecular complexity index is 390. The van der Waals surface area contributed by atoms with Gasteiger partial charge in [0, 0.05) is 12.5 Å². The Morgan fingerprint density at radius 2 is 2.06 bits per heavy atom. The summed E-state index contributed by atoms with van der Waals surface area (Å²) < 4.78 is 5.34. The van der Waals surface area contributed by atoms with Gasteiger partial charge < -0.3 is 4.74 Å². The van der Waals surface area contributed by atoms with Crippen LogP contribution in [0.5, 0.6) is 5.75 Å². The third kappa shape index (κ3) is 4.15. The van der Waals surface area contributed by atoms with E-state index in [0.717, 1.165) is 12.2 Å². The molecule has 0 spiro atoms. The van der Waals surface area contributed by atoms with Gasteiger partial charge in [-0.2, -0.15) is 0 Å². The number of methoxy groups -OCH3 is 1. The van der Waals surface area contributed by atoms with E-state index >= 15 is 0 Å². The van der Waals surface area contributed by atoms with Gasteiger partial charge in [-0.15, -0.1) is 0 Å². The van der Waals surface area contributed by atoms with Crippen molar-refractivity contribution < 1.29 is 9.53 Å². The van der Waals surface area contributed by atoms with Crippen LogP contribution in [0.25, 0.3) is 0 Å². The number of para-hydroxylation sites is 1. The highest BCUT2D eigenvalue weighted by atomic mass is 16.5. The largest absolute Gasteiger partial charge is 0.496 e. The quantitative estimate of drug-likeness (QED) is 0.743. The lowest BCUT2D eigenvalue weighted by Crippen LogP contribution is -2.35. The summed E-state index contributed by atoms with van der Waals surface area (Å²) in [6.45, 7) is 4.56. The molecule has 3 heteroatoms. The Balaban J connectivity index is 2.63. The van der Waals surface area contributed by atoms with Crippen LogP contribution in [0, 0.1) is 0 Å². The van der Waals surface area contributed by atoms with Crippen molar-refractivity contribution in [2.45, 2.75) is 32.7 Å². The van der Waals surface area contributed by atoms with E-state index in [0.29, 0.717) is 19.0 Å². The van der Waals surface area contributed by atoms with Gasteiger partial charge in [-0.25, -0.2) is 0 Å². The minimum absolute atomic E-state index is 0.282. The third-order valence-electron chi connectivity index (χ3n) is 3.28. The smallest absolute Gasteiger partial charge is 0.146 e. The predicted octanol–water partition coefficient (Wildman–Crippen LogP) is 2.54. The molecular formula is C15H23NO2. The maximum Gasteiger partial charge on any atom is 0.146 e. The van der Waals surface area contributed by atoms with Crippen molar-refractivity contribution in [3.8, 4) is 5.75 Å². The predicted molar refractivity (Wildman–Crippen MR) is 74.1 cm³/mol. The zero-order valence-electron chi connectivity index (χ0n) is 11.8. The first-order chi connectivity index (χ1) is 8.58. The van der Waals surface area contributed by atoms with Crippen molar-refractivity contribution >= 4 is 5.78 Å². The second-order valence-electron chi connectivity index (χ2n) is 4.67. The number of likely N-dealkylation sites (N-methyl/N-ethyl adjacent to an activating group) is 1. The van der Waals surface area contributed by atoms with Crippen molar-refractivity contribution in [2.75, 3.05) is 20.7 Å². The van der Waals surface area contributed by atoms with E-state index in [-0.39, 0.29) is 5.78 Å². The number of Topliss-reactive ketones (excluding diaryl/α,β-unsaturated/α-hetero) is 1. The van der Waals surface area contributed by atoms with Gasteiger partial charge in [0.15, 0.2) is 0 Å². The Morgan fingerprint density at radius 3 is 2.67 bits per heavy atom. The van der Waals surface area contributed by atoms with Crippen LogP contribution in [0.1, 0.15) is 25.8 Å². The molecule has 0 fully saturated rings. The van der Waals surface area contributed by atoms with E-state index < -0.39 is 0 Å². The molecule has 0 saturated heterocycles. The number of rotatable bonds is 7. The summed E-state index contributed by atoms with van der Waals surface area (Å²) in [5.41, 5.74) is 1.18. The van der Waals surface area contributed by atoms with Crippen LogP contribution in [-0.2, 0) is 11.2 Å². The van der Waals surface area contributed by atoms with E-state index in [1.807, 2.05) is 32.2 Å². The molecule has 1 atom stereocenters. The summed E-state index contributed by atoms with van der Waals surface area (Å²) in [7, 11) is 3.68. The SMILES string of the molecule is CCC(=O)CN(C)C(C)Cc1ccccc1OC. The average Bonchev–Trinajstić information content (AvgIpc) is 2.39. The summed E-state index contributed by atoms with van der Waals surface area (Å²) in [5, 5.41) is 0. The van der Waals surface area contributed by atoms with Crippen molar-refractivity contribution in [3.63, 3.8) is 0 Å². The molecule has 0 bridgehead atoms. The van der Waals surface area contributed by atoms with Crippen LogP contribution >= 0.6 is 0 Å². The van der Waals surface area contributed by atoms with Gasteiger partial charge >= 0.3 is 0 Å². The molecule has 3 nitrogen and oxygen atoms in total. The molecule has 1 unspecified atom stereocenters. The molecule has 18 heavy (non-hydrogen) atoms. The maximum atomic E-state index is 11.4. The number of carbonyl (C=O) groups is 1. The monoisotopic (exact) mass is 249 g/mol.